The van der Waals surface area contributed by atoms with Gasteiger partial charge in [0.2, 0.25) is 0 Å². The summed E-state index contributed by atoms with van der Waals surface area (Å²) >= 11 is 1.05. The molecule has 0 saturated carbocycles. The zero-order valence-electron chi connectivity index (χ0n) is 16.1. The molecule has 1 heterocycles. The average molecular weight is 451 g/mol. The fourth-order valence-corrected chi connectivity index (χ4v) is 7.28. The van der Waals surface area contributed by atoms with E-state index in [-0.39, 0.29) is 0 Å². The third kappa shape index (κ3) is 3.37. The van der Waals surface area contributed by atoms with E-state index in [4.69, 9.17) is 4.74 Å². The minimum Gasteiger partial charge on any atom is -0.465 e. The van der Waals surface area contributed by atoms with E-state index in [1.54, 1.807) is 19.1 Å². The number of rotatable bonds is 2. The second kappa shape index (κ2) is 7.67. The maximum atomic E-state index is 14.2. The molecule has 3 aromatic rings. The highest BCUT2D eigenvalue weighted by molar-refractivity contribution is 8.04. The van der Waals surface area contributed by atoms with Gasteiger partial charge in [-0.3, -0.25) is 0 Å². The standard InChI is InChI=1S/C22H15F4O2S2/c1-10-4-11(2)19(5-12(10)22(27)28-3)30-20-8-15(25)13(23)6-17(20)29-18-7-14(24)16(26)9-21(18)30/h4-9H,1-3H3/q+1. The number of benzene rings is 3. The van der Waals surface area contributed by atoms with Crippen molar-refractivity contribution < 1.29 is 27.1 Å². The molecule has 2 nitrogen and oxygen atoms in total. The number of aryl methyl sites for hydroxylation is 2. The van der Waals surface area contributed by atoms with E-state index >= 15 is 0 Å². The summed E-state index contributed by atoms with van der Waals surface area (Å²) in [6.45, 7) is 3.58. The SMILES string of the molecule is COC(=O)c1cc([S+]2c3cc(F)c(F)cc3Sc3cc(F)c(F)cc32)c(C)cc1C. The highest BCUT2D eigenvalue weighted by Crippen LogP contribution is 2.50. The molecule has 30 heavy (non-hydrogen) atoms. The Balaban J connectivity index is 2.04. The minimum atomic E-state index is -1.09. The van der Waals surface area contributed by atoms with Crippen molar-refractivity contribution in [3.8, 4) is 0 Å². The number of carbonyl (C=O) groups is 1. The molecule has 0 bridgehead atoms. The summed E-state index contributed by atoms with van der Waals surface area (Å²) in [5, 5.41) is 0. The van der Waals surface area contributed by atoms with E-state index in [1.807, 2.05) is 6.92 Å². The molecule has 0 aliphatic carbocycles. The van der Waals surface area contributed by atoms with Gasteiger partial charge < -0.3 is 4.74 Å². The molecular formula is C22H15F4O2S2+. The van der Waals surface area contributed by atoms with Crippen molar-refractivity contribution >= 4 is 28.6 Å². The quantitative estimate of drug-likeness (QED) is 0.206. The van der Waals surface area contributed by atoms with Crippen molar-refractivity contribution in [3.05, 3.63) is 76.4 Å². The summed E-state index contributed by atoms with van der Waals surface area (Å²) in [5.74, 6) is -4.65. The van der Waals surface area contributed by atoms with Crippen LogP contribution in [0.4, 0.5) is 17.6 Å². The van der Waals surface area contributed by atoms with Crippen LogP contribution in [-0.4, -0.2) is 13.1 Å². The topological polar surface area (TPSA) is 26.3 Å². The Bertz CT molecular complexity index is 1150. The first-order chi connectivity index (χ1) is 14.2. The highest BCUT2D eigenvalue weighted by Gasteiger charge is 2.42. The Kier molecular flexibility index (Phi) is 5.32. The molecule has 0 N–H and O–H groups in total. The first-order valence-corrected chi connectivity index (χ1v) is 10.8. The van der Waals surface area contributed by atoms with Crippen molar-refractivity contribution in [1.82, 2.24) is 0 Å². The van der Waals surface area contributed by atoms with Gasteiger partial charge in [0.05, 0.1) is 22.5 Å². The lowest BCUT2D eigenvalue weighted by molar-refractivity contribution is 0.0599. The maximum absolute atomic E-state index is 14.2. The van der Waals surface area contributed by atoms with E-state index < -0.39 is 40.1 Å². The van der Waals surface area contributed by atoms with Crippen LogP contribution in [0.5, 0.6) is 0 Å². The van der Waals surface area contributed by atoms with Gasteiger partial charge in [-0.15, -0.1) is 0 Å². The fraction of sp³-hybridized carbons (Fsp3) is 0.136. The van der Waals surface area contributed by atoms with Gasteiger partial charge in [0.15, 0.2) is 38.0 Å². The van der Waals surface area contributed by atoms with Crippen molar-refractivity contribution in [2.24, 2.45) is 0 Å². The molecule has 0 amide bonds. The molecule has 0 fully saturated rings. The summed E-state index contributed by atoms with van der Waals surface area (Å²) in [6.07, 6.45) is 0. The lowest BCUT2D eigenvalue weighted by Crippen LogP contribution is -2.16. The normalized spacial score (nSPS) is 13.0. The maximum Gasteiger partial charge on any atom is 0.338 e. The third-order valence-electron chi connectivity index (χ3n) is 4.78. The van der Waals surface area contributed by atoms with Gasteiger partial charge in [-0.05, 0) is 31.5 Å². The van der Waals surface area contributed by atoms with Gasteiger partial charge >= 0.3 is 5.97 Å². The van der Waals surface area contributed by atoms with E-state index in [9.17, 15) is 22.4 Å². The molecule has 154 valence electrons. The third-order valence-corrected chi connectivity index (χ3v) is 8.59. The molecule has 0 saturated heterocycles. The minimum absolute atomic E-state index is 0.317. The van der Waals surface area contributed by atoms with Crippen molar-refractivity contribution in [3.63, 3.8) is 0 Å². The first-order valence-electron chi connectivity index (χ1n) is 8.81. The highest BCUT2D eigenvalue weighted by atomic mass is 32.2. The Morgan fingerprint density at radius 3 is 1.77 bits per heavy atom. The largest absolute Gasteiger partial charge is 0.465 e. The van der Waals surface area contributed by atoms with Crippen LogP contribution < -0.4 is 0 Å². The number of ether oxygens (including phenoxy) is 1. The van der Waals surface area contributed by atoms with Gasteiger partial charge in [0.25, 0.3) is 0 Å². The lowest BCUT2D eigenvalue weighted by atomic mass is 10.1. The summed E-state index contributed by atoms with van der Waals surface area (Å²) in [4.78, 5) is 14.6. The summed E-state index contributed by atoms with van der Waals surface area (Å²) in [5.41, 5.74) is 1.79. The molecule has 3 aromatic carbocycles. The van der Waals surface area contributed by atoms with Crippen LogP contribution in [0, 0.1) is 37.1 Å². The van der Waals surface area contributed by atoms with Crippen molar-refractivity contribution in [1.29, 1.82) is 0 Å². The van der Waals surface area contributed by atoms with E-state index in [0.29, 0.717) is 35.6 Å². The Morgan fingerprint density at radius 1 is 0.767 bits per heavy atom. The molecular weight excluding hydrogens is 436 g/mol. The molecule has 1 aliphatic rings. The number of hydrogen-bond donors (Lipinski definition) is 0. The monoisotopic (exact) mass is 451 g/mol. The van der Waals surface area contributed by atoms with Crippen LogP contribution in [-0.2, 0) is 15.6 Å². The molecule has 1 aliphatic heterocycles. The molecule has 0 aromatic heterocycles. The van der Waals surface area contributed by atoms with Crippen LogP contribution in [0.15, 0.2) is 60.9 Å². The number of methoxy groups -OCH3 is 1. The fourth-order valence-electron chi connectivity index (χ4n) is 3.36. The Morgan fingerprint density at radius 2 is 1.27 bits per heavy atom. The number of fused-ring (bicyclic) bond motifs is 2. The van der Waals surface area contributed by atoms with Gasteiger partial charge in [-0.25, -0.2) is 22.4 Å². The predicted molar refractivity (Wildman–Crippen MR) is 106 cm³/mol. The number of esters is 1. The predicted octanol–water partition coefficient (Wildman–Crippen LogP) is 6.21. The number of halogens is 4. The molecule has 0 atom stereocenters. The van der Waals surface area contributed by atoms with Crippen LogP contribution >= 0.6 is 11.8 Å². The summed E-state index contributed by atoms with van der Waals surface area (Å²) < 4.78 is 61.0. The van der Waals surface area contributed by atoms with Crippen molar-refractivity contribution in [2.45, 2.75) is 38.3 Å². The first kappa shape index (κ1) is 20.8. The van der Waals surface area contributed by atoms with E-state index in [0.717, 1.165) is 41.6 Å². The Labute approximate surface area is 177 Å². The second-order valence-corrected chi connectivity index (χ2v) is 9.77. The number of carbonyl (C=O) groups excluding carboxylic acids is 1. The molecule has 0 radical (unpaired) electrons. The number of hydrogen-bond acceptors (Lipinski definition) is 3. The van der Waals surface area contributed by atoms with E-state index in [2.05, 4.69) is 0 Å². The molecule has 4 rings (SSSR count). The lowest BCUT2D eigenvalue weighted by Gasteiger charge is -2.21. The smallest absolute Gasteiger partial charge is 0.338 e. The second-order valence-electron chi connectivity index (χ2n) is 6.76. The van der Waals surface area contributed by atoms with Crippen molar-refractivity contribution in [2.75, 3.05) is 7.11 Å². The van der Waals surface area contributed by atoms with Gasteiger partial charge in [-0.2, -0.15) is 0 Å². The zero-order valence-corrected chi connectivity index (χ0v) is 17.7. The summed E-state index contributed by atoms with van der Waals surface area (Å²) in [7, 11) is 0.180. The molecule has 8 heteroatoms. The van der Waals surface area contributed by atoms with Crippen LogP contribution in [0.25, 0.3) is 0 Å². The van der Waals surface area contributed by atoms with Crippen LogP contribution in [0.3, 0.4) is 0 Å². The summed E-state index contributed by atoms with van der Waals surface area (Å²) in [6, 6.07) is 7.71. The van der Waals surface area contributed by atoms with Crippen LogP contribution in [0.2, 0.25) is 0 Å². The average Bonchev–Trinajstić information content (AvgIpc) is 2.69. The zero-order chi connectivity index (χ0) is 21.7. The van der Waals surface area contributed by atoms with Crippen LogP contribution in [0.1, 0.15) is 21.5 Å². The van der Waals surface area contributed by atoms with Gasteiger partial charge in [0, 0.05) is 23.8 Å². The molecule has 0 unspecified atom stereocenters. The van der Waals surface area contributed by atoms with E-state index in [1.165, 1.54) is 7.11 Å². The van der Waals surface area contributed by atoms with Gasteiger partial charge in [0.1, 0.15) is 10.9 Å². The van der Waals surface area contributed by atoms with Gasteiger partial charge in [-0.1, -0.05) is 17.8 Å². The molecule has 0 spiro atoms. The Hall–Kier alpha value is -2.45.